The minimum Gasteiger partial charge on any atom is -0.456 e. The Morgan fingerprint density at radius 1 is 0.794 bits per heavy atom. The van der Waals surface area contributed by atoms with E-state index in [-0.39, 0.29) is 40.5 Å². The smallest absolute Gasteiger partial charge is 0.456 e. The molecular formula is C79H101FN8O8P+. The third kappa shape index (κ3) is 14.9. The SMILES string of the molecule is COP(=O)(O)Oc1ccc(C)cc1C(F)C(=O)NCCCCCCNC(=O)C(CCCCNC1=C2C=C3CCCN4CCCC(=C2Oc2c1cc1c5c2CCCN5CCC1)C34)NC(=O)CCCCCN1C(=CC=CC=CC2=[N+](C)c3ccccc3C2(C)C)C(C)(C)c2ccccc21. The Bertz CT molecular complexity index is 3930. The molecule has 2 fully saturated rings. The molecule has 4 unspecified atom stereocenters. The van der Waals surface area contributed by atoms with Crippen LogP contribution in [-0.2, 0) is 47.1 Å². The lowest BCUT2D eigenvalue weighted by Gasteiger charge is -2.46. The maximum Gasteiger partial charge on any atom is 0.527 e. The molecule has 0 spiro atoms. The van der Waals surface area contributed by atoms with Gasteiger partial charge in [0.15, 0.2) is 5.71 Å². The highest BCUT2D eigenvalue weighted by Gasteiger charge is 2.45. The molecule has 0 aromatic heterocycles. The van der Waals surface area contributed by atoms with Crippen molar-refractivity contribution in [3.05, 3.63) is 176 Å². The Morgan fingerprint density at radius 3 is 2.29 bits per heavy atom. The van der Waals surface area contributed by atoms with Gasteiger partial charge < -0.3 is 40.3 Å². The lowest BCUT2D eigenvalue weighted by Crippen LogP contribution is -2.48. The van der Waals surface area contributed by atoms with Gasteiger partial charge in [-0.15, -0.1) is 0 Å². The van der Waals surface area contributed by atoms with E-state index in [9.17, 15) is 23.8 Å². The van der Waals surface area contributed by atoms with Gasteiger partial charge in [-0.05, 0) is 189 Å². The quantitative estimate of drug-likeness (QED) is 0.0151. The fourth-order valence-electron chi connectivity index (χ4n) is 16.5. The molecule has 2 saturated heterocycles. The van der Waals surface area contributed by atoms with Gasteiger partial charge in [0, 0.05) is 115 Å². The standard InChI is InChI=1S/C79H100FN8O8P/c1-53-40-41-66(96-97(92,93)94-7)58(50-53)70(80)77(91)83-44-21-9-8-20-43-82-76(90)63(34-19-22-42-81-71-59-51-54-28-24-45-86-47-26-30-56(72(54)86)74(59)95-75-57-31-27-48-87-46-25-29-55(73(57)87)52-60(71)75)84-69(89)39-14-11-23-49-88-65-36-18-16-33-62(65)79(4,5)68(88)38-13-10-12-37-67-78(2,3)61-32-15-17-35-64(61)85(67)6/h10,12-13,15-18,32-33,35-38,40-41,50-52,63,70,72,81H,8-9,11,14,19-31,34,39,42-49H2,1-7H3,(H3-,82,83,84,89,90,91,92,93)/p+1. The Balaban J connectivity index is 0.672. The van der Waals surface area contributed by atoms with Crippen LogP contribution in [0.25, 0.3) is 5.70 Å². The number of nitrogens with zero attached hydrogens (tertiary/aromatic N) is 4. The van der Waals surface area contributed by atoms with Crippen LogP contribution >= 0.6 is 7.82 Å². The van der Waals surface area contributed by atoms with E-state index in [0.717, 1.165) is 128 Å². The number of hydrogen-bond donors (Lipinski definition) is 5. The first kappa shape index (κ1) is 69.3. The summed E-state index contributed by atoms with van der Waals surface area (Å²) in [5.41, 5.74) is 18.4. The van der Waals surface area contributed by atoms with E-state index in [1.807, 2.05) is 0 Å². The van der Waals surface area contributed by atoms with Gasteiger partial charge >= 0.3 is 7.82 Å². The molecule has 4 aromatic rings. The second-order valence-corrected chi connectivity index (χ2v) is 30.2. The number of para-hydroxylation sites is 2. The molecule has 7 heterocycles. The van der Waals surface area contributed by atoms with Crippen molar-refractivity contribution in [2.45, 2.75) is 186 Å². The van der Waals surface area contributed by atoms with Gasteiger partial charge in [-0.1, -0.05) is 99.4 Å². The Kier molecular flexibility index (Phi) is 21.6. The molecule has 0 saturated carbocycles. The van der Waals surface area contributed by atoms with Crippen LogP contribution < -0.4 is 40.3 Å². The summed E-state index contributed by atoms with van der Waals surface area (Å²) in [5, 5.41) is 13.0. The summed E-state index contributed by atoms with van der Waals surface area (Å²) in [6.45, 7) is 17.5. The summed E-state index contributed by atoms with van der Waals surface area (Å²) in [6.07, 6.45) is 27.5. The second-order valence-electron chi connectivity index (χ2n) is 28.7. The molecule has 7 aliphatic heterocycles. The number of phosphoric acid groups is 1. The van der Waals surface area contributed by atoms with E-state index in [4.69, 9.17) is 9.26 Å². The number of rotatable bonds is 29. The van der Waals surface area contributed by atoms with Crippen molar-refractivity contribution >= 4 is 54.0 Å². The number of nitrogens with one attached hydrogen (secondary N) is 4. The number of unbranched alkanes of at least 4 members (excludes halogenated alkanes) is 6. The molecule has 1 aliphatic carbocycles. The van der Waals surface area contributed by atoms with Crippen LogP contribution in [0.5, 0.6) is 11.5 Å². The number of anilines is 2. The van der Waals surface area contributed by atoms with Gasteiger partial charge in [0.2, 0.25) is 23.7 Å². The van der Waals surface area contributed by atoms with E-state index in [1.54, 1.807) is 13.0 Å². The molecule has 4 atom stereocenters. The van der Waals surface area contributed by atoms with E-state index >= 15 is 4.39 Å². The highest BCUT2D eigenvalue weighted by atomic mass is 31.2. The fourth-order valence-corrected chi connectivity index (χ4v) is 16.9. The zero-order valence-electron chi connectivity index (χ0n) is 58.1. The molecule has 18 heteroatoms. The number of hydrogen-bond acceptors (Lipinski definition) is 11. The van der Waals surface area contributed by atoms with E-state index in [2.05, 4.69) is 171 Å². The maximum atomic E-state index is 15.6. The summed E-state index contributed by atoms with van der Waals surface area (Å²) in [4.78, 5) is 58.8. The highest BCUT2D eigenvalue weighted by Crippen LogP contribution is 2.53. The number of halogens is 1. The Labute approximate surface area is 573 Å². The van der Waals surface area contributed by atoms with Crippen LogP contribution in [-0.4, -0.2) is 116 Å². The molecule has 16 nitrogen and oxygen atoms in total. The lowest BCUT2D eigenvalue weighted by atomic mass is 9.77. The monoisotopic (exact) mass is 1340 g/mol. The first-order chi connectivity index (χ1) is 46.8. The number of amides is 3. The molecule has 97 heavy (non-hydrogen) atoms. The minimum atomic E-state index is -4.50. The highest BCUT2D eigenvalue weighted by molar-refractivity contribution is 7.47. The molecular weight excluding hydrogens is 1240 g/mol. The van der Waals surface area contributed by atoms with E-state index < -0.39 is 25.9 Å². The van der Waals surface area contributed by atoms with Gasteiger partial charge in [0.25, 0.3) is 5.91 Å². The minimum absolute atomic E-state index is 0.0975. The second kappa shape index (κ2) is 30.3. The zero-order chi connectivity index (χ0) is 68.0. The van der Waals surface area contributed by atoms with Crippen LogP contribution in [0.1, 0.15) is 182 Å². The topological polar surface area (TPSA) is 177 Å². The van der Waals surface area contributed by atoms with E-state index in [0.29, 0.717) is 69.6 Å². The number of allylic oxidation sites excluding steroid dienone is 7. The zero-order valence-corrected chi connectivity index (χ0v) is 59.0. The Morgan fingerprint density at radius 2 is 1.51 bits per heavy atom. The van der Waals surface area contributed by atoms with Crippen LogP contribution in [0.3, 0.4) is 0 Å². The number of ether oxygens (including phenoxy) is 1. The van der Waals surface area contributed by atoms with Gasteiger partial charge in [-0.3, -0.25) is 28.7 Å². The first-order valence-corrected chi connectivity index (χ1v) is 37.4. The third-order valence-corrected chi connectivity index (χ3v) is 22.3. The first-order valence-electron chi connectivity index (χ1n) is 35.9. The number of fused-ring (bicyclic) bond motifs is 5. The van der Waals surface area contributed by atoms with Crippen LogP contribution in [0.15, 0.2) is 137 Å². The van der Waals surface area contributed by atoms with Crippen LogP contribution in [0, 0.1) is 6.92 Å². The number of carbonyl (C=O) groups is 3. The molecule has 12 rings (SSSR count). The summed E-state index contributed by atoms with van der Waals surface area (Å²) in [7, 11) is -1.35. The number of alkyl halides is 1. The average Bonchev–Trinajstić information content (AvgIpc) is 1.62. The van der Waals surface area contributed by atoms with E-state index in [1.165, 1.54) is 91.6 Å². The van der Waals surface area contributed by atoms with Crippen LogP contribution in [0.2, 0.25) is 0 Å². The predicted molar refractivity (Wildman–Crippen MR) is 385 cm³/mol. The number of aryl methyl sites for hydroxylation is 2. The van der Waals surface area contributed by atoms with Crippen molar-refractivity contribution in [2.24, 2.45) is 0 Å². The van der Waals surface area contributed by atoms with Gasteiger partial charge in [-0.25, -0.2) is 8.96 Å². The van der Waals surface area contributed by atoms with Crippen molar-refractivity contribution in [1.82, 2.24) is 26.2 Å². The van der Waals surface area contributed by atoms with Crippen molar-refractivity contribution in [3.63, 3.8) is 0 Å². The van der Waals surface area contributed by atoms with Gasteiger partial charge in [-0.2, -0.15) is 4.58 Å². The largest absolute Gasteiger partial charge is 0.527 e. The summed E-state index contributed by atoms with van der Waals surface area (Å²) in [5.74, 6) is 0.633. The molecule has 0 bridgehead atoms. The number of phosphoric ester groups is 1. The van der Waals surface area contributed by atoms with Crippen molar-refractivity contribution < 1.29 is 46.6 Å². The third-order valence-electron chi connectivity index (χ3n) is 21.4. The number of piperidine rings is 2. The summed E-state index contributed by atoms with van der Waals surface area (Å²) >= 11 is 0. The molecule has 0 radical (unpaired) electrons. The normalized spacial score (nSPS) is 20.5. The molecule has 516 valence electrons. The summed E-state index contributed by atoms with van der Waals surface area (Å²) < 4.78 is 46.8. The summed E-state index contributed by atoms with van der Waals surface area (Å²) in [6, 6.07) is 23.7. The molecule has 4 aromatic carbocycles. The van der Waals surface area contributed by atoms with Crippen LogP contribution in [0.4, 0.5) is 21.5 Å². The number of benzene rings is 4. The Hall–Kier alpha value is -7.56. The van der Waals surface area contributed by atoms with Crippen molar-refractivity contribution in [1.29, 1.82) is 0 Å². The molecule has 5 N–H and O–H groups in total. The molecule has 8 aliphatic rings. The van der Waals surface area contributed by atoms with Crippen molar-refractivity contribution in [3.8, 4) is 11.5 Å². The maximum absolute atomic E-state index is 15.6. The lowest BCUT2D eigenvalue weighted by molar-refractivity contribution is -0.401. The van der Waals surface area contributed by atoms with Crippen molar-refractivity contribution in [2.75, 3.05) is 76.3 Å². The van der Waals surface area contributed by atoms with Gasteiger partial charge in [0.05, 0.1) is 17.2 Å². The predicted octanol–water partition coefficient (Wildman–Crippen LogP) is 14.2. The average molecular weight is 1340 g/mol. The number of carbonyl (C=O) groups excluding carboxylic acids is 3. The fraction of sp³-hybridized carbons (Fsp3) is 0.494. The van der Waals surface area contributed by atoms with Gasteiger partial charge in [0.1, 0.15) is 30.3 Å². The molecule has 3 amide bonds.